The molecule has 122 valence electrons. The minimum Gasteiger partial charge on any atom is -0.358 e. The lowest BCUT2D eigenvalue weighted by Crippen LogP contribution is -2.27. The molecule has 0 aliphatic rings. The molecule has 5 heteroatoms. The van der Waals surface area contributed by atoms with Crippen molar-refractivity contribution in [1.82, 2.24) is 15.3 Å². The van der Waals surface area contributed by atoms with E-state index in [1.54, 1.807) is 0 Å². The second-order valence-corrected chi connectivity index (χ2v) is 6.12. The summed E-state index contributed by atoms with van der Waals surface area (Å²) in [6, 6.07) is 23.9. The maximum Gasteiger partial charge on any atom is 0.171 e. The lowest BCUT2D eigenvalue weighted by Gasteiger charge is -2.11. The van der Waals surface area contributed by atoms with Gasteiger partial charge in [-0.3, -0.25) is 0 Å². The van der Waals surface area contributed by atoms with E-state index in [0.29, 0.717) is 11.7 Å². The number of para-hydroxylation sites is 2. The predicted molar refractivity (Wildman–Crippen MR) is 107 cm³/mol. The number of benzene rings is 3. The third-order valence-electron chi connectivity index (χ3n) is 3.89. The number of thiocarbonyl (C=S) groups is 1. The van der Waals surface area contributed by atoms with Gasteiger partial charge in [-0.2, -0.15) is 0 Å². The van der Waals surface area contributed by atoms with Crippen LogP contribution in [-0.2, 0) is 6.54 Å². The molecule has 0 saturated heterocycles. The molecular formula is C20H16N4S. The Morgan fingerprint density at radius 1 is 0.760 bits per heavy atom. The van der Waals surface area contributed by atoms with Gasteiger partial charge in [0.25, 0.3) is 0 Å². The first-order valence-corrected chi connectivity index (χ1v) is 8.44. The number of hydrogen-bond acceptors (Lipinski definition) is 3. The first-order chi connectivity index (χ1) is 12.3. The highest BCUT2D eigenvalue weighted by Crippen LogP contribution is 2.19. The van der Waals surface area contributed by atoms with Crippen LogP contribution < -0.4 is 10.6 Å². The quantitative estimate of drug-likeness (QED) is 0.429. The van der Waals surface area contributed by atoms with E-state index in [2.05, 4.69) is 32.7 Å². The van der Waals surface area contributed by atoms with Gasteiger partial charge in [-0.25, -0.2) is 9.97 Å². The Bertz CT molecular complexity index is 1050. The summed E-state index contributed by atoms with van der Waals surface area (Å²) in [5.41, 5.74) is 5.57. The second kappa shape index (κ2) is 6.83. The molecule has 4 rings (SSSR count). The average Bonchev–Trinajstić information content (AvgIpc) is 2.65. The molecular weight excluding hydrogens is 328 g/mol. The highest BCUT2D eigenvalue weighted by molar-refractivity contribution is 7.80. The van der Waals surface area contributed by atoms with Crippen LogP contribution in [0.15, 0.2) is 72.8 Å². The molecule has 1 heterocycles. The number of aromatic nitrogens is 2. The maximum atomic E-state index is 5.38. The highest BCUT2D eigenvalue weighted by atomic mass is 32.1. The molecule has 2 N–H and O–H groups in total. The van der Waals surface area contributed by atoms with Gasteiger partial charge in [0.1, 0.15) is 0 Å². The third-order valence-corrected chi connectivity index (χ3v) is 4.14. The van der Waals surface area contributed by atoms with E-state index in [4.69, 9.17) is 12.2 Å². The Hall–Kier alpha value is -3.05. The molecule has 1 aromatic heterocycles. The van der Waals surface area contributed by atoms with E-state index in [1.165, 1.54) is 5.56 Å². The molecule has 0 fully saturated rings. The van der Waals surface area contributed by atoms with Gasteiger partial charge in [0.15, 0.2) is 5.11 Å². The molecule has 0 bridgehead atoms. The Labute approximate surface area is 150 Å². The number of nitrogens with one attached hydrogen (secondary N) is 2. The fraction of sp³-hybridized carbons (Fsp3) is 0.0500. The van der Waals surface area contributed by atoms with E-state index in [1.807, 2.05) is 60.7 Å². The number of rotatable bonds is 3. The molecule has 0 amide bonds. The minimum absolute atomic E-state index is 0.581. The zero-order valence-electron chi connectivity index (χ0n) is 13.4. The maximum absolute atomic E-state index is 5.38. The van der Waals surface area contributed by atoms with Gasteiger partial charge < -0.3 is 10.6 Å². The summed E-state index contributed by atoms with van der Waals surface area (Å²) < 4.78 is 0. The van der Waals surface area contributed by atoms with Gasteiger partial charge in [-0.1, -0.05) is 42.5 Å². The summed E-state index contributed by atoms with van der Waals surface area (Å²) >= 11 is 5.38. The summed E-state index contributed by atoms with van der Waals surface area (Å²) in [6.07, 6.45) is 0. The molecule has 4 aromatic rings. The smallest absolute Gasteiger partial charge is 0.171 e. The Morgan fingerprint density at radius 3 is 2.16 bits per heavy atom. The van der Waals surface area contributed by atoms with Crippen molar-refractivity contribution >= 4 is 45.1 Å². The van der Waals surface area contributed by atoms with Crippen molar-refractivity contribution < 1.29 is 0 Å². The fourth-order valence-corrected chi connectivity index (χ4v) is 2.84. The Balaban J connectivity index is 1.51. The van der Waals surface area contributed by atoms with E-state index in [9.17, 15) is 0 Å². The zero-order valence-corrected chi connectivity index (χ0v) is 14.3. The van der Waals surface area contributed by atoms with Crippen molar-refractivity contribution in [1.29, 1.82) is 0 Å². The first-order valence-electron chi connectivity index (χ1n) is 8.03. The molecule has 0 aliphatic heterocycles. The van der Waals surface area contributed by atoms with Gasteiger partial charge in [-0.05, 0) is 48.1 Å². The molecule has 4 nitrogen and oxygen atoms in total. The molecule has 0 unspecified atom stereocenters. The molecule has 0 saturated carbocycles. The summed E-state index contributed by atoms with van der Waals surface area (Å²) in [5.74, 6) is 0. The van der Waals surface area contributed by atoms with E-state index >= 15 is 0 Å². The first kappa shape index (κ1) is 15.5. The Kier molecular flexibility index (Phi) is 4.23. The van der Waals surface area contributed by atoms with Crippen LogP contribution in [0.5, 0.6) is 0 Å². The average molecular weight is 344 g/mol. The minimum atomic E-state index is 0.581. The number of fused-ring (bicyclic) bond motifs is 2. The van der Waals surface area contributed by atoms with Crippen molar-refractivity contribution in [2.45, 2.75) is 6.54 Å². The second-order valence-electron chi connectivity index (χ2n) is 5.71. The van der Waals surface area contributed by atoms with E-state index in [-0.39, 0.29) is 0 Å². The van der Waals surface area contributed by atoms with Gasteiger partial charge in [-0.15, -0.1) is 0 Å². The highest BCUT2D eigenvalue weighted by Gasteiger charge is 2.04. The van der Waals surface area contributed by atoms with Crippen molar-refractivity contribution in [3.63, 3.8) is 0 Å². The number of nitrogens with zero attached hydrogens (tertiary/aromatic N) is 2. The van der Waals surface area contributed by atoms with Crippen LogP contribution in [-0.4, -0.2) is 15.1 Å². The summed E-state index contributed by atoms with van der Waals surface area (Å²) in [4.78, 5) is 9.31. The van der Waals surface area contributed by atoms with Crippen LogP contribution in [0.3, 0.4) is 0 Å². The SMILES string of the molecule is S=C(NCc1ccccc1)Nc1ccc2nc3ccccc3nc2c1. The van der Waals surface area contributed by atoms with Crippen molar-refractivity contribution in [2.75, 3.05) is 5.32 Å². The molecule has 3 aromatic carbocycles. The Morgan fingerprint density at radius 2 is 1.40 bits per heavy atom. The molecule has 0 spiro atoms. The van der Waals surface area contributed by atoms with Crippen molar-refractivity contribution in [3.8, 4) is 0 Å². The lowest BCUT2D eigenvalue weighted by molar-refractivity contribution is 0.926. The summed E-state index contributed by atoms with van der Waals surface area (Å²) in [5, 5.41) is 6.99. The molecule has 0 radical (unpaired) electrons. The van der Waals surface area contributed by atoms with E-state index in [0.717, 1.165) is 27.8 Å². The number of hydrogen-bond donors (Lipinski definition) is 2. The largest absolute Gasteiger partial charge is 0.358 e. The predicted octanol–water partition coefficient (Wildman–Crippen LogP) is 4.27. The van der Waals surface area contributed by atoms with Crippen LogP contribution >= 0.6 is 12.2 Å². The standard InChI is InChI=1S/C20H16N4S/c25-20(21-13-14-6-2-1-3-7-14)22-15-10-11-18-19(12-15)24-17-9-5-4-8-16(17)23-18/h1-12H,13H2,(H2,21,22,25). The summed E-state index contributed by atoms with van der Waals surface area (Å²) in [7, 11) is 0. The normalized spacial score (nSPS) is 10.7. The van der Waals surface area contributed by atoms with Crippen LogP contribution in [0.25, 0.3) is 22.1 Å². The van der Waals surface area contributed by atoms with E-state index < -0.39 is 0 Å². The molecule has 0 aliphatic carbocycles. The van der Waals surface area contributed by atoms with Gasteiger partial charge >= 0.3 is 0 Å². The van der Waals surface area contributed by atoms with Crippen LogP contribution in [0.1, 0.15) is 5.56 Å². The van der Waals surface area contributed by atoms with Gasteiger partial charge in [0.2, 0.25) is 0 Å². The molecule has 25 heavy (non-hydrogen) atoms. The van der Waals surface area contributed by atoms with Gasteiger partial charge in [0.05, 0.1) is 22.1 Å². The topological polar surface area (TPSA) is 49.8 Å². The van der Waals surface area contributed by atoms with Crippen molar-refractivity contribution in [2.24, 2.45) is 0 Å². The fourth-order valence-electron chi connectivity index (χ4n) is 2.65. The van der Waals surface area contributed by atoms with Crippen LogP contribution in [0.2, 0.25) is 0 Å². The zero-order chi connectivity index (χ0) is 17.1. The lowest BCUT2D eigenvalue weighted by atomic mass is 10.2. The van der Waals surface area contributed by atoms with Crippen LogP contribution in [0.4, 0.5) is 5.69 Å². The van der Waals surface area contributed by atoms with Crippen LogP contribution in [0, 0.1) is 0 Å². The number of anilines is 1. The monoisotopic (exact) mass is 344 g/mol. The molecule has 0 atom stereocenters. The van der Waals surface area contributed by atoms with Crippen molar-refractivity contribution in [3.05, 3.63) is 78.4 Å². The van der Waals surface area contributed by atoms with Gasteiger partial charge in [0, 0.05) is 12.2 Å². The third kappa shape index (κ3) is 3.56. The summed E-state index contributed by atoms with van der Waals surface area (Å²) in [6.45, 7) is 0.685.